The monoisotopic (exact) mass is 470 g/mol. The fraction of sp³-hybridized carbons (Fsp3) is 0.455. The zero-order valence-electron chi connectivity index (χ0n) is 17.7. The summed E-state index contributed by atoms with van der Waals surface area (Å²) >= 11 is 2.76. The number of halogens is 1. The first-order valence-electron chi connectivity index (χ1n) is 9.81. The Balaban J connectivity index is 1.54. The Kier molecular flexibility index (Phi) is 11.0. The van der Waals surface area contributed by atoms with Gasteiger partial charge in [-0.3, -0.25) is 4.79 Å². The molecule has 1 aromatic heterocycles. The molecule has 0 aliphatic heterocycles. The van der Waals surface area contributed by atoms with E-state index in [1.807, 2.05) is 0 Å². The summed E-state index contributed by atoms with van der Waals surface area (Å²) in [6, 6.07) is 4.45. The smallest absolute Gasteiger partial charge is 0.333 e. The number of carbonyl (C=O) groups excluding carboxylic acids is 1. The summed E-state index contributed by atoms with van der Waals surface area (Å²) in [5, 5.41) is 0.595. The first kappa shape index (κ1) is 25.3. The predicted octanol–water partition coefficient (Wildman–Crippen LogP) is 3.97. The highest BCUT2D eigenvalue weighted by atomic mass is 32.2. The first-order chi connectivity index (χ1) is 14.9. The Morgan fingerprint density at radius 1 is 1.06 bits per heavy atom. The van der Waals surface area contributed by atoms with Crippen molar-refractivity contribution in [2.45, 2.75) is 13.8 Å². The Labute approximate surface area is 189 Å². The number of benzene rings is 1. The minimum absolute atomic E-state index is 0.137. The molecule has 31 heavy (non-hydrogen) atoms. The fourth-order valence-corrected chi connectivity index (χ4v) is 4.01. The van der Waals surface area contributed by atoms with Gasteiger partial charge in [0.15, 0.2) is 0 Å². The quantitative estimate of drug-likeness (QED) is 0.235. The molecule has 6 nitrogen and oxygen atoms in total. The molecular weight excluding hydrogens is 443 g/mol. The van der Waals surface area contributed by atoms with Gasteiger partial charge >= 0.3 is 5.97 Å². The van der Waals surface area contributed by atoms with Crippen molar-refractivity contribution < 1.29 is 28.1 Å². The first-order valence-corrected chi connectivity index (χ1v) is 11.8. The van der Waals surface area contributed by atoms with E-state index in [2.05, 4.69) is 6.58 Å². The number of carbonyl (C=O) groups is 1. The van der Waals surface area contributed by atoms with Gasteiger partial charge < -0.3 is 18.9 Å². The molecule has 0 atom stereocenters. The summed E-state index contributed by atoms with van der Waals surface area (Å²) < 4.78 is 35.9. The van der Waals surface area contributed by atoms with Gasteiger partial charge in [0.25, 0.3) is 0 Å². The summed E-state index contributed by atoms with van der Waals surface area (Å²) in [6.45, 7) is 9.11. The van der Waals surface area contributed by atoms with Crippen molar-refractivity contribution in [3.05, 3.63) is 51.3 Å². The highest BCUT2D eigenvalue weighted by Crippen LogP contribution is 2.28. The van der Waals surface area contributed by atoms with Crippen LogP contribution in [0.4, 0.5) is 4.39 Å². The Morgan fingerprint density at radius 3 is 2.42 bits per heavy atom. The molecule has 0 saturated heterocycles. The maximum absolute atomic E-state index is 13.9. The summed E-state index contributed by atoms with van der Waals surface area (Å²) in [7, 11) is 0. The van der Waals surface area contributed by atoms with Crippen LogP contribution in [-0.4, -0.2) is 57.1 Å². The molecule has 9 heteroatoms. The van der Waals surface area contributed by atoms with Crippen LogP contribution in [-0.2, 0) is 19.0 Å². The van der Waals surface area contributed by atoms with Crippen LogP contribution in [0.15, 0.2) is 35.1 Å². The van der Waals surface area contributed by atoms with E-state index in [1.165, 1.54) is 12.1 Å². The second-order valence-electron chi connectivity index (χ2n) is 6.63. The number of fused-ring (bicyclic) bond motifs is 1. The molecule has 0 fully saturated rings. The molecule has 2 rings (SSSR count). The van der Waals surface area contributed by atoms with E-state index in [9.17, 15) is 14.0 Å². The molecule has 0 unspecified atom stereocenters. The van der Waals surface area contributed by atoms with Gasteiger partial charge in [-0.05, 0) is 31.5 Å². The second-order valence-corrected chi connectivity index (χ2v) is 8.90. The molecule has 0 spiro atoms. The normalized spacial score (nSPS) is 10.9. The SMILES string of the molecule is C=C(C)C(=O)OCCOCCSCCOCCOc1cc(=O)sc2cc(C)c(F)cc12. The largest absolute Gasteiger partial charge is 0.490 e. The third-order valence-corrected chi connectivity index (χ3v) is 5.81. The van der Waals surface area contributed by atoms with Gasteiger partial charge in [0, 0.05) is 33.2 Å². The number of hydrogen-bond acceptors (Lipinski definition) is 8. The average molecular weight is 471 g/mol. The lowest BCUT2D eigenvalue weighted by Crippen LogP contribution is -2.12. The zero-order chi connectivity index (χ0) is 22.6. The molecule has 2 aromatic rings. The summed E-state index contributed by atoms with van der Waals surface area (Å²) in [5.41, 5.74) is 0.871. The Hall–Kier alpha value is -1.94. The van der Waals surface area contributed by atoms with Gasteiger partial charge in [0.1, 0.15) is 24.8 Å². The molecule has 0 amide bonds. The molecule has 0 aliphatic rings. The van der Waals surface area contributed by atoms with Crippen molar-refractivity contribution in [1.29, 1.82) is 0 Å². The average Bonchev–Trinajstić information content (AvgIpc) is 2.72. The van der Waals surface area contributed by atoms with E-state index in [0.29, 0.717) is 53.4 Å². The third-order valence-electron chi connectivity index (χ3n) is 4.02. The fourth-order valence-electron chi connectivity index (χ4n) is 2.44. The van der Waals surface area contributed by atoms with Gasteiger partial charge in [-0.1, -0.05) is 17.9 Å². The second kappa shape index (κ2) is 13.5. The highest BCUT2D eigenvalue weighted by Gasteiger charge is 2.09. The molecule has 170 valence electrons. The molecular formula is C22H27FO6S2. The van der Waals surface area contributed by atoms with Crippen LogP contribution in [0.25, 0.3) is 10.1 Å². The Morgan fingerprint density at radius 2 is 1.74 bits per heavy atom. The minimum atomic E-state index is -0.407. The van der Waals surface area contributed by atoms with E-state index in [0.717, 1.165) is 22.8 Å². The number of esters is 1. The van der Waals surface area contributed by atoms with Gasteiger partial charge in [0.2, 0.25) is 4.74 Å². The van der Waals surface area contributed by atoms with Crippen LogP contribution in [0, 0.1) is 12.7 Å². The number of ether oxygens (including phenoxy) is 4. The van der Waals surface area contributed by atoms with Crippen molar-refractivity contribution in [1.82, 2.24) is 0 Å². The topological polar surface area (TPSA) is 71.1 Å². The van der Waals surface area contributed by atoms with E-state index in [4.69, 9.17) is 18.9 Å². The van der Waals surface area contributed by atoms with Gasteiger partial charge in [-0.25, -0.2) is 9.18 Å². The van der Waals surface area contributed by atoms with Crippen LogP contribution in [0.5, 0.6) is 5.75 Å². The third kappa shape index (κ3) is 8.98. The number of rotatable bonds is 14. The van der Waals surface area contributed by atoms with Gasteiger partial charge in [0.05, 0.1) is 26.4 Å². The summed E-state index contributed by atoms with van der Waals surface area (Å²) in [5.74, 6) is 1.26. The summed E-state index contributed by atoms with van der Waals surface area (Å²) in [4.78, 5) is 23.0. The maximum atomic E-state index is 13.9. The molecule has 0 radical (unpaired) electrons. The Bertz CT molecular complexity index is 943. The van der Waals surface area contributed by atoms with Crippen molar-refractivity contribution in [2.24, 2.45) is 0 Å². The molecule has 0 N–H and O–H groups in total. The lowest BCUT2D eigenvalue weighted by Gasteiger charge is -2.10. The van der Waals surface area contributed by atoms with Crippen LogP contribution < -0.4 is 9.48 Å². The number of hydrogen-bond donors (Lipinski definition) is 0. The highest BCUT2D eigenvalue weighted by molar-refractivity contribution is 7.99. The number of thioether (sulfide) groups is 1. The lowest BCUT2D eigenvalue weighted by molar-refractivity contribution is -0.140. The van der Waals surface area contributed by atoms with E-state index in [-0.39, 0.29) is 23.8 Å². The van der Waals surface area contributed by atoms with Gasteiger partial charge in [-0.15, -0.1) is 0 Å². The van der Waals surface area contributed by atoms with Crippen molar-refractivity contribution >= 4 is 39.2 Å². The summed E-state index contributed by atoms with van der Waals surface area (Å²) in [6.07, 6.45) is 0. The molecule has 0 bridgehead atoms. The molecule has 1 aromatic carbocycles. The van der Waals surface area contributed by atoms with Crippen LogP contribution >= 0.6 is 23.1 Å². The molecule has 1 heterocycles. The predicted molar refractivity (Wildman–Crippen MR) is 123 cm³/mol. The van der Waals surface area contributed by atoms with Crippen molar-refractivity contribution in [3.8, 4) is 5.75 Å². The van der Waals surface area contributed by atoms with Crippen LogP contribution in [0.2, 0.25) is 0 Å². The lowest BCUT2D eigenvalue weighted by atomic mass is 10.1. The van der Waals surface area contributed by atoms with E-state index in [1.54, 1.807) is 31.7 Å². The van der Waals surface area contributed by atoms with Crippen LogP contribution in [0.1, 0.15) is 12.5 Å². The maximum Gasteiger partial charge on any atom is 0.333 e. The number of aryl methyl sites for hydroxylation is 1. The minimum Gasteiger partial charge on any atom is -0.490 e. The standard InChI is InChI=1S/C22H27FO6S2/c1-15(2)22(25)29-7-5-27-9-11-30-10-8-26-4-6-28-19-14-21(24)31-20-12-16(3)18(23)13-17(19)20/h12-14H,1,4-11H2,2-3H3. The van der Waals surface area contributed by atoms with E-state index < -0.39 is 5.97 Å². The van der Waals surface area contributed by atoms with E-state index >= 15 is 0 Å². The molecule has 0 saturated carbocycles. The van der Waals surface area contributed by atoms with Crippen molar-refractivity contribution in [2.75, 3.05) is 51.1 Å². The molecule has 0 aliphatic carbocycles. The van der Waals surface area contributed by atoms with Gasteiger partial charge in [-0.2, -0.15) is 11.8 Å². The van der Waals surface area contributed by atoms with Crippen LogP contribution in [0.3, 0.4) is 0 Å². The zero-order valence-corrected chi connectivity index (χ0v) is 19.4. The van der Waals surface area contributed by atoms with Crippen molar-refractivity contribution in [3.63, 3.8) is 0 Å².